The van der Waals surface area contributed by atoms with E-state index in [1.165, 1.54) is 11.8 Å². The molecular weight excluding hydrogens is 352 g/mol. The molecule has 0 heterocycles. The van der Waals surface area contributed by atoms with E-state index >= 15 is 0 Å². The Morgan fingerprint density at radius 3 is 2.36 bits per heavy atom. The fraction of sp³-hybridized carbons (Fsp3) is 0.300. The van der Waals surface area contributed by atoms with Crippen molar-refractivity contribution in [1.29, 1.82) is 0 Å². The first-order chi connectivity index (χ1) is 12.0. The van der Waals surface area contributed by atoms with Gasteiger partial charge < -0.3 is 4.18 Å². The smallest absolute Gasteiger partial charge is 0.339 e. The van der Waals surface area contributed by atoms with E-state index in [4.69, 9.17) is 4.18 Å². The molecule has 0 amide bonds. The summed E-state index contributed by atoms with van der Waals surface area (Å²) in [6.45, 7) is 4.06. The van der Waals surface area contributed by atoms with Gasteiger partial charge in [0.25, 0.3) is 0 Å². The van der Waals surface area contributed by atoms with Gasteiger partial charge in [0.15, 0.2) is 5.09 Å². The summed E-state index contributed by atoms with van der Waals surface area (Å²) in [5, 5.41) is 0.405. The van der Waals surface area contributed by atoms with Crippen LogP contribution in [0.3, 0.4) is 0 Å². The average molecular weight is 377 g/mol. The van der Waals surface area contributed by atoms with Crippen LogP contribution < -0.4 is 0 Å². The molecule has 0 aliphatic rings. The van der Waals surface area contributed by atoms with Gasteiger partial charge in [0, 0.05) is 4.90 Å². The summed E-state index contributed by atoms with van der Waals surface area (Å²) in [6, 6.07) is 16.3. The van der Waals surface area contributed by atoms with Crippen molar-refractivity contribution in [3.8, 4) is 0 Å². The van der Waals surface area contributed by atoms with Gasteiger partial charge in [0.2, 0.25) is 0 Å². The summed E-state index contributed by atoms with van der Waals surface area (Å²) >= 11 is 1.33. The molecule has 0 aromatic heterocycles. The molecule has 5 heteroatoms. The van der Waals surface area contributed by atoms with E-state index < -0.39 is 10.1 Å². The van der Waals surface area contributed by atoms with Crippen LogP contribution in [-0.2, 0) is 14.3 Å². The first-order valence-corrected chi connectivity index (χ1v) is 10.7. The lowest BCUT2D eigenvalue weighted by Gasteiger charge is -2.11. The number of rotatable bonds is 9. The second kappa shape index (κ2) is 9.68. The number of unbranched alkanes of at least 4 members (excludes halogenated alkanes) is 3. The van der Waals surface area contributed by atoms with Crippen LogP contribution in [0, 0.1) is 6.92 Å². The maximum absolute atomic E-state index is 12.6. The van der Waals surface area contributed by atoms with E-state index in [1.807, 2.05) is 43.3 Å². The molecule has 0 fully saturated rings. The summed E-state index contributed by atoms with van der Waals surface area (Å²) in [5.41, 5.74) is 1.01. The topological polar surface area (TPSA) is 43.4 Å². The van der Waals surface area contributed by atoms with Crippen molar-refractivity contribution in [2.45, 2.75) is 49.3 Å². The molecule has 2 aromatic carbocycles. The highest BCUT2D eigenvalue weighted by Crippen LogP contribution is 2.31. The molecule has 2 rings (SSSR count). The summed E-state index contributed by atoms with van der Waals surface area (Å²) in [7, 11) is -3.83. The maximum atomic E-state index is 12.6. The van der Waals surface area contributed by atoms with Gasteiger partial charge in [0.1, 0.15) is 4.90 Å². The first-order valence-electron chi connectivity index (χ1n) is 8.45. The zero-order chi connectivity index (χ0) is 18.1. The number of thioether (sulfide) groups is 1. The van der Waals surface area contributed by atoms with Crippen molar-refractivity contribution in [1.82, 2.24) is 0 Å². The Bertz CT molecular complexity index is 779. The highest BCUT2D eigenvalue weighted by Gasteiger charge is 2.18. The molecule has 0 aliphatic heterocycles. The molecule has 25 heavy (non-hydrogen) atoms. The average Bonchev–Trinajstić information content (AvgIpc) is 2.59. The van der Waals surface area contributed by atoms with E-state index in [1.54, 1.807) is 24.3 Å². The Kier molecular flexibility index (Phi) is 7.59. The summed E-state index contributed by atoms with van der Waals surface area (Å²) in [6.07, 6.45) is 5.93. The van der Waals surface area contributed by atoms with Gasteiger partial charge in [-0.05, 0) is 50.1 Å². The van der Waals surface area contributed by atoms with Gasteiger partial charge in [-0.1, -0.05) is 67.4 Å². The van der Waals surface area contributed by atoms with E-state index in [0.29, 0.717) is 5.09 Å². The molecule has 0 bridgehead atoms. The monoisotopic (exact) mass is 376 g/mol. The summed E-state index contributed by atoms with van der Waals surface area (Å²) in [4.78, 5) is 1.12. The van der Waals surface area contributed by atoms with Crippen LogP contribution in [0.1, 0.15) is 38.2 Å². The molecule has 0 saturated heterocycles. The highest BCUT2D eigenvalue weighted by molar-refractivity contribution is 8.03. The Hall–Kier alpha value is -1.72. The van der Waals surface area contributed by atoms with Crippen LogP contribution >= 0.6 is 11.8 Å². The minimum Gasteiger partial charge on any atom is -0.372 e. The molecule has 0 aliphatic carbocycles. The largest absolute Gasteiger partial charge is 0.372 e. The van der Waals surface area contributed by atoms with Crippen LogP contribution in [0.4, 0.5) is 0 Å². The fourth-order valence-corrected chi connectivity index (χ4v) is 4.15. The van der Waals surface area contributed by atoms with Crippen LogP contribution in [0.15, 0.2) is 75.6 Å². The number of hydrogen-bond acceptors (Lipinski definition) is 4. The Labute approximate surface area is 155 Å². The minimum absolute atomic E-state index is 0.172. The lowest BCUT2D eigenvalue weighted by molar-refractivity contribution is 0.432. The van der Waals surface area contributed by atoms with Gasteiger partial charge in [-0.15, -0.1) is 0 Å². The highest BCUT2D eigenvalue weighted by atomic mass is 32.2. The Morgan fingerprint density at radius 2 is 1.72 bits per heavy atom. The number of aryl methyl sites for hydroxylation is 1. The standard InChI is InChI=1S/C20H24O3S2/c1-3-4-5-9-12-20(24-18-10-7-6-8-11-18)23-25(21,22)19-15-13-17(2)14-16-19/h6-8,10-16H,3-5,9H2,1-2H3/b20-12+. The second-order valence-corrected chi connectivity index (χ2v) is 8.41. The predicted molar refractivity (Wildman–Crippen MR) is 104 cm³/mol. The Balaban J connectivity index is 2.17. The zero-order valence-electron chi connectivity index (χ0n) is 14.6. The van der Waals surface area contributed by atoms with E-state index in [2.05, 4.69) is 6.92 Å². The van der Waals surface area contributed by atoms with Crippen molar-refractivity contribution in [2.24, 2.45) is 0 Å². The third-order valence-corrected chi connectivity index (χ3v) is 5.89. The lowest BCUT2D eigenvalue weighted by Crippen LogP contribution is -2.05. The molecule has 0 unspecified atom stereocenters. The van der Waals surface area contributed by atoms with Gasteiger partial charge in [-0.25, -0.2) is 0 Å². The molecule has 0 radical (unpaired) electrons. The summed E-state index contributed by atoms with van der Waals surface area (Å²) in [5.74, 6) is 0. The van der Waals surface area contributed by atoms with Crippen molar-refractivity contribution in [2.75, 3.05) is 0 Å². The second-order valence-electron chi connectivity index (χ2n) is 5.78. The molecule has 2 aromatic rings. The van der Waals surface area contributed by atoms with Crippen molar-refractivity contribution in [3.63, 3.8) is 0 Å². The number of allylic oxidation sites excluding steroid dienone is 1. The van der Waals surface area contributed by atoms with E-state index in [-0.39, 0.29) is 4.90 Å². The van der Waals surface area contributed by atoms with Crippen LogP contribution in [0.2, 0.25) is 0 Å². The molecule has 0 spiro atoms. The minimum atomic E-state index is -3.83. The number of benzene rings is 2. The fourth-order valence-electron chi connectivity index (χ4n) is 2.17. The predicted octanol–water partition coefficient (Wildman–Crippen LogP) is 5.91. The molecule has 3 nitrogen and oxygen atoms in total. The zero-order valence-corrected chi connectivity index (χ0v) is 16.3. The third-order valence-electron chi connectivity index (χ3n) is 3.58. The number of hydrogen-bond donors (Lipinski definition) is 0. The van der Waals surface area contributed by atoms with Crippen molar-refractivity contribution in [3.05, 3.63) is 71.3 Å². The maximum Gasteiger partial charge on any atom is 0.339 e. The molecule has 0 N–H and O–H groups in total. The Morgan fingerprint density at radius 1 is 1.04 bits per heavy atom. The van der Waals surface area contributed by atoms with E-state index in [0.717, 1.165) is 36.1 Å². The first kappa shape index (κ1) is 19.6. The molecule has 0 atom stereocenters. The van der Waals surface area contributed by atoms with Crippen LogP contribution in [0.25, 0.3) is 0 Å². The molecule has 0 saturated carbocycles. The normalized spacial score (nSPS) is 12.2. The summed E-state index contributed by atoms with van der Waals surface area (Å²) < 4.78 is 30.6. The van der Waals surface area contributed by atoms with Gasteiger partial charge in [-0.3, -0.25) is 0 Å². The van der Waals surface area contributed by atoms with E-state index in [9.17, 15) is 8.42 Å². The van der Waals surface area contributed by atoms with Gasteiger partial charge in [0.05, 0.1) is 0 Å². The molecule has 134 valence electrons. The SMILES string of the molecule is CCCCC/C=C(\OS(=O)(=O)c1ccc(C)cc1)Sc1ccccc1. The lowest BCUT2D eigenvalue weighted by atomic mass is 10.2. The quantitative estimate of drug-likeness (QED) is 0.236. The van der Waals surface area contributed by atoms with Crippen molar-refractivity contribution < 1.29 is 12.6 Å². The van der Waals surface area contributed by atoms with Crippen LogP contribution in [-0.4, -0.2) is 8.42 Å². The van der Waals surface area contributed by atoms with Crippen molar-refractivity contribution >= 4 is 21.9 Å². The van der Waals surface area contributed by atoms with Gasteiger partial charge >= 0.3 is 10.1 Å². The van der Waals surface area contributed by atoms with Gasteiger partial charge in [-0.2, -0.15) is 8.42 Å². The van der Waals surface area contributed by atoms with Crippen LogP contribution in [0.5, 0.6) is 0 Å². The molecular formula is C20H24O3S2. The third kappa shape index (κ3) is 6.59.